The van der Waals surface area contributed by atoms with Crippen molar-refractivity contribution in [1.82, 2.24) is 10.2 Å². The lowest BCUT2D eigenvalue weighted by molar-refractivity contribution is -0.121. The number of para-hydroxylation sites is 1. The van der Waals surface area contributed by atoms with Gasteiger partial charge in [-0.2, -0.15) is 0 Å². The highest BCUT2D eigenvalue weighted by atomic mass is 35.5. The standard InChI is InChI=1S/C18H26N2O2.2ClH/c1-2-4-17-15(3-1)14-20(10-12-21-17)16-5-11-22-18(13-16)6-8-19-9-7-18;;/h1-4,16,19H,5-14H2;2*1H. The molecule has 3 aliphatic heterocycles. The molecule has 1 aromatic carbocycles. The van der Waals surface area contributed by atoms with Gasteiger partial charge in [0.05, 0.1) is 5.60 Å². The number of piperidine rings is 1. The first-order chi connectivity index (χ1) is 10.8. The zero-order valence-corrected chi connectivity index (χ0v) is 15.7. The van der Waals surface area contributed by atoms with Gasteiger partial charge in [-0.15, -0.1) is 24.8 Å². The van der Waals surface area contributed by atoms with Crippen molar-refractivity contribution in [3.63, 3.8) is 0 Å². The molecule has 0 saturated carbocycles. The summed E-state index contributed by atoms with van der Waals surface area (Å²) in [6, 6.07) is 9.10. The molecule has 0 amide bonds. The normalized spacial score (nSPS) is 26.2. The van der Waals surface area contributed by atoms with Crippen molar-refractivity contribution in [2.75, 3.05) is 32.8 Å². The first kappa shape index (κ1) is 19.8. The predicted molar refractivity (Wildman–Crippen MR) is 101 cm³/mol. The van der Waals surface area contributed by atoms with Crippen molar-refractivity contribution >= 4 is 24.8 Å². The van der Waals surface area contributed by atoms with Gasteiger partial charge < -0.3 is 14.8 Å². The van der Waals surface area contributed by atoms with E-state index in [4.69, 9.17) is 9.47 Å². The van der Waals surface area contributed by atoms with Crippen LogP contribution in [0.4, 0.5) is 0 Å². The number of hydrogen-bond acceptors (Lipinski definition) is 4. The number of nitrogens with zero attached hydrogens (tertiary/aromatic N) is 1. The number of halogens is 2. The molecule has 3 heterocycles. The van der Waals surface area contributed by atoms with E-state index < -0.39 is 0 Å². The van der Waals surface area contributed by atoms with Crippen LogP contribution in [0.25, 0.3) is 0 Å². The molecule has 4 nitrogen and oxygen atoms in total. The molecule has 0 aromatic heterocycles. The van der Waals surface area contributed by atoms with Gasteiger partial charge in [0, 0.05) is 31.3 Å². The van der Waals surface area contributed by atoms with E-state index in [2.05, 4.69) is 34.5 Å². The van der Waals surface area contributed by atoms with Crippen LogP contribution < -0.4 is 10.1 Å². The molecular formula is C18H28Cl2N2O2. The Balaban J connectivity index is 0.00000104. The van der Waals surface area contributed by atoms with Crippen LogP contribution in [0.2, 0.25) is 0 Å². The topological polar surface area (TPSA) is 33.7 Å². The lowest BCUT2D eigenvalue weighted by Crippen LogP contribution is -2.53. The van der Waals surface area contributed by atoms with Crippen LogP contribution >= 0.6 is 24.8 Å². The lowest BCUT2D eigenvalue weighted by atomic mass is 9.82. The molecule has 1 atom stereocenters. The van der Waals surface area contributed by atoms with E-state index in [1.807, 2.05) is 0 Å². The van der Waals surface area contributed by atoms with Gasteiger partial charge in [0.15, 0.2) is 0 Å². The maximum Gasteiger partial charge on any atom is 0.123 e. The van der Waals surface area contributed by atoms with E-state index in [0.29, 0.717) is 6.04 Å². The Bertz CT molecular complexity index is 518. The van der Waals surface area contributed by atoms with Crippen molar-refractivity contribution in [3.05, 3.63) is 29.8 Å². The van der Waals surface area contributed by atoms with Gasteiger partial charge in [-0.3, -0.25) is 4.90 Å². The number of nitrogens with one attached hydrogen (secondary N) is 1. The smallest absolute Gasteiger partial charge is 0.123 e. The van der Waals surface area contributed by atoms with E-state index in [-0.39, 0.29) is 30.4 Å². The van der Waals surface area contributed by atoms with Crippen LogP contribution in [0.5, 0.6) is 5.75 Å². The Kier molecular flexibility index (Phi) is 7.20. The van der Waals surface area contributed by atoms with Gasteiger partial charge >= 0.3 is 0 Å². The fraction of sp³-hybridized carbons (Fsp3) is 0.667. The van der Waals surface area contributed by atoms with Crippen LogP contribution in [0.3, 0.4) is 0 Å². The van der Waals surface area contributed by atoms with E-state index in [1.54, 1.807) is 0 Å². The molecule has 1 aromatic rings. The molecule has 1 spiro atoms. The Morgan fingerprint density at radius 1 is 1.08 bits per heavy atom. The minimum absolute atomic E-state index is 0. The zero-order valence-electron chi connectivity index (χ0n) is 14.0. The average molecular weight is 375 g/mol. The summed E-state index contributed by atoms with van der Waals surface area (Å²) in [4.78, 5) is 2.62. The molecule has 4 rings (SSSR count). The quantitative estimate of drug-likeness (QED) is 0.818. The second kappa shape index (κ2) is 8.72. The van der Waals surface area contributed by atoms with Gasteiger partial charge in [-0.25, -0.2) is 0 Å². The molecule has 24 heavy (non-hydrogen) atoms. The monoisotopic (exact) mass is 374 g/mol. The summed E-state index contributed by atoms with van der Waals surface area (Å²) in [5, 5.41) is 3.46. The SMILES string of the molecule is Cl.Cl.c1ccc2c(c1)CN(C1CCOC3(CCNCC3)C1)CCO2. The lowest BCUT2D eigenvalue weighted by Gasteiger charge is -2.46. The summed E-state index contributed by atoms with van der Waals surface area (Å²) in [6.07, 6.45) is 4.64. The van der Waals surface area contributed by atoms with Crippen molar-refractivity contribution in [1.29, 1.82) is 0 Å². The fourth-order valence-corrected chi connectivity index (χ4v) is 4.20. The summed E-state index contributed by atoms with van der Waals surface area (Å²) in [6.45, 7) is 5.92. The van der Waals surface area contributed by atoms with Crippen molar-refractivity contribution < 1.29 is 9.47 Å². The van der Waals surface area contributed by atoms with E-state index >= 15 is 0 Å². The minimum Gasteiger partial charge on any atom is -0.492 e. The number of rotatable bonds is 1. The van der Waals surface area contributed by atoms with Crippen LogP contribution in [-0.4, -0.2) is 49.4 Å². The summed E-state index contributed by atoms with van der Waals surface area (Å²) in [5.41, 5.74) is 1.45. The van der Waals surface area contributed by atoms with Crippen LogP contribution in [-0.2, 0) is 11.3 Å². The molecule has 2 saturated heterocycles. The number of ether oxygens (including phenoxy) is 2. The molecule has 6 heteroatoms. The Labute approximate surface area is 157 Å². The molecule has 0 bridgehead atoms. The van der Waals surface area contributed by atoms with Crippen molar-refractivity contribution in [2.24, 2.45) is 0 Å². The van der Waals surface area contributed by atoms with Crippen LogP contribution in [0.15, 0.2) is 24.3 Å². The van der Waals surface area contributed by atoms with E-state index in [9.17, 15) is 0 Å². The third-order valence-corrected chi connectivity index (χ3v) is 5.48. The van der Waals surface area contributed by atoms with Crippen LogP contribution in [0.1, 0.15) is 31.2 Å². The molecule has 0 aliphatic carbocycles. The van der Waals surface area contributed by atoms with E-state index in [1.165, 1.54) is 12.0 Å². The molecule has 1 unspecified atom stereocenters. The molecular weight excluding hydrogens is 347 g/mol. The number of fused-ring (bicyclic) bond motifs is 1. The summed E-state index contributed by atoms with van der Waals surface area (Å²) in [7, 11) is 0. The third kappa shape index (κ3) is 4.17. The maximum absolute atomic E-state index is 6.23. The Morgan fingerprint density at radius 3 is 2.71 bits per heavy atom. The molecule has 3 aliphatic rings. The van der Waals surface area contributed by atoms with Gasteiger partial charge in [0.2, 0.25) is 0 Å². The Hall–Kier alpha value is -0.520. The highest BCUT2D eigenvalue weighted by Crippen LogP contribution is 2.36. The first-order valence-corrected chi connectivity index (χ1v) is 8.64. The second-order valence-corrected chi connectivity index (χ2v) is 6.85. The molecule has 0 radical (unpaired) electrons. The first-order valence-electron chi connectivity index (χ1n) is 8.64. The highest BCUT2D eigenvalue weighted by molar-refractivity contribution is 5.85. The average Bonchev–Trinajstić information content (AvgIpc) is 2.78. The summed E-state index contributed by atoms with van der Waals surface area (Å²) < 4.78 is 12.2. The summed E-state index contributed by atoms with van der Waals surface area (Å²) >= 11 is 0. The highest BCUT2D eigenvalue weighted by Gasteiger charge is 2.40. The van der Waals surface area contributed by atoms with Gasteiger partial charge in [0.25, 0.3) is 0 Å². The molecule has 1 N–H and O–H groups in total. The van der Waals surface area contributed by atoms with Crippen molar-refractivity contribution in [2.45, 2.75) is 43.9 Å². The van der Waals surface area contributed by atoms with E-state index in [0.717, 1.165) is 64.4 Å². The molecule has 2 fully saturated rings. The van der Waals surface area contributed by atoms with Gasteiger partial charge in [-0.05, 0) is 44.8 Å². The number of benzene rings is 1. The minimum atomic E-state index is 0. The van der Waals surface area contributed by atoms with Gasteiger partial charge in [0.1, 0.15) is 12.4 Å². The zero-order chi connectivity index (χ0) is 14.8. The van der Waals surface area contributed by atoms with Gasteiger partial charge in [-0.1, -0.05) is 18.2 Å². The third-order valence-electron chi connectivity index (χ3n) is 5.48. The Morgan fingerprint density at radius 2 is 1.88 bits per heavy atom. The van der Waals surface area contributed by atoms with Crippen molar-refractivity contribution in [3.8, 4) is 5.75 Å². The maximum atomic E-state index is 6.23. The fourth-order valence-electron chi connectivity index (χ4n) is 4.20. The number of hydrogen-bond donors (Lipinski definition) is 1. The summed E-state index contributed by atoms with van der Waals surface area (Å²) in [5.74, 6) is 1.06. The second-order valence-electron chi connectivity index (χ2n) is 6.85. The van der Waals surface area contributed by atoms with Crippen LogP contribution in [0, 0.1) is 0 Å². The molecule has 136 valence electrons. The predicted octanol–water partition coefficient (Wildman–Crippen LogP) is 3.03. The largest absolute Gasteiger partial charge is 0.492 e.